The van der Waals surface area contributed by atoms with E-state index in [2.05, 4.69) is 9.71 Å². The van der Waals surface area contributed by atoms with Crippen LogP contribution >= 0.6 is 0 Å². The summed E-state index contributed by atoms with van der Waals surface area (Å²) in [6.07, 6.45) is 2.37. The van der Waals surface area contributed by atoms with Gasteiger partial charge in [-0.3, -0.25) is 9.80 Å². The largest absolute Gasteiger partial charge is 0.505 e. The Morgan fingerprint density at radius 1 is 1.13 bits per heavy atom. The molecule has 0 atom stereocenters. The van der Waals surface area contributed by atoms with Crippen LogP contribution in [0, 0.1) is 5.82 Å². The average Bonchev–Trinajstić information content (AvgIpc) is 3.22. The molecule has 10 heteroatoms. The highest BCUT2D eigenvalue weighted by atomic mass is 32.2. The summed E-state index contributed by atoms with van der Waals surface area (Å²) in [5, 5.41) is 16.8. The highest BCUT2D eigenvalue weighted by Crippen LogP contribution is 2.35. The number of para-hydroxylation sites is 1. The molecule has 3 heterocycles. The molecule has 31 heavy (non-hydrogen) atoms. The van der Waals surface area contributed by atoms with Crippen LogP contribution in [0.1, 0.15) is 12.0 Å². The van der Waals surface area contributed by atoms with Gasteiger partial charge in [0, 0.05) is 6.54 Å². The Kier molecular flexibility index (Phi) is 4.33. The van der Waals surface area contributed by atoms with Crippen LogP contribution < -0.4 is 5.32 Å². The predicted molar refractivity (Wildman–Crippen MR) is 111 cm³/mol. The molecule has 0 saturated heterocycles. The van der Waals surface area contributed by atoms with Gasteiger partial charge in [0.1, 0.15) is 16.3 Å². The molecule has 3 aliphatic rings. The van der Waals surface area contributed by atoms with E-state index in [0.717, 1.165) is 0 Å². The van der Waals surface area contributed by atoms with Crippen LogP contribution in [0.2, 0.25) is 0 Å². The zero-order valence-electron chi connectivity index (χ0n) is 16.1. The average molecular weight is 440 g/mol. The van der Waals surface area contributed by atoms with Crippen molar-refractivity contribution in [2.24, 2.45) is 4.40 Å². The van der Waals surface area contributed by atoms with Gasteiger partial charge in [0.15, 0.2) is 11.6 Å². The molecule has 2 aromatic carbocycles. The van der Waals surface area contributed by atoms with Crippen LogP contribution in [0.15, 0.2) is 80.9 Å². The van der Waals surface area contributed by atoms with Crippen molar-refractivity contribution in [1.82, 2.24) is 10.0 Å². The molecular weight excluding hydrogens is 423 g/mol. The molecule has 1 amide bonds. The molecule has 0 bridgehead atoms. The first-order valence-electron chi connectivity index (χ1n) is 9.54. The lowest BCUT2D eigenvalue weighted by Crippen LogP contribution is -2.50. The summed E-state index contributed by atoms with van der Waals surface area (Å²) in [6, 6.07) is 11.9. The lowest BCUT2D eigenvalue weighted by Gasteiger charge is -2.39. The third kappa shape index (κ3) is 3.15. The maximum absolute atomic E-state index is 13.4. The second kappa shape index (κ2) is 6.95. The third-order valence-electron chi connectivity index (χ3n) is 5.29. The Morgan fingerprint density at radius 2 is 1.87 bits per heavy atom. The number of anilines is 1. The van der Waals surface area contributed by atoms with Crippen molar-refractivity contribution >= 4 is 27.5 Å². The fraction of sp³-hybridized carbons (Fsp3) is 0.143. The Labute approximate surface area is 177 Å². The number of rotatable bonds is 3. The summed E-state index contributed by atoms with van der Waals surface area (Å²) in [5.74, 6) is -1.57. The number of carbonyl (C=O) groups excluding carboxylic acids is 1. The summed E-state index contributed by atoms with van der Waals surface area (Å²) in [5.41, 5.74) is 1.12. The Hall–Kier alpha value is -3.66. The molecule has 0 aromatic heterocycles. The molecule has 0 spiro atoms. The van der Waals surface area contributed by atoms with E-state index in [-0.39, 0.29) is 34.3 Å². The SMILES string of the molecule is O=C1C(C2=NS(=O)(=O)c3ccccc3N2)=C(O)C2=CCCN2N1Cc1ccc(F)cc1. The van der Waals surface area contributed by atoms with E-state index in [0.29, 0.717) is 24.2 Å². The van der Waals surface area contributed by atoms with E-state index < -0.39 is 21.7 Å². The van der Waals surface area contributed by atoms with Gasteiger partial charge in [-0.15, -0.1) is 4.40 Å². The standard InChI is InChI=1S/C21H17FN4O4S/c22-14-9-7-13(8-10-14)12-26-21(28)18(19(27)16-5-3-11-25(16)26)20-23-15-4-1-2-6-17(15)31(29,30)24-20/h1-2,4-10,27H,3,11-12H2,(H,23,24). The van der Waals surface area contributed by atoms with E-state index in [1.165, 1.54) is 23.2 Å². The van der Waals surface area contributed by atoms with Gasteiger partial charge in [0.2, 0.25) is 0 Å². The number of halogens is 1. The zero-order valence-corrected chi connectivity index (χ0v) is 16.9. The van der Waals surface area contributed by atoms with Crippen LogP contribution in [-0.4, -0.2) is 41.8 Å². The molecule has 158 valence electrons. The van der Waals surface area contributed by atoms with Gasteiger partial charge in [-0.05, 0) is 36.2 Å². The first kappa shape index (κ1) is 19.3. The highest BCUT2D eigenvalue weighted by Gasteiger charge is 2.41. The minimum absolute atomic E-state index is 0.00743. The van der Waals surface area contributed by atoms with E-state index in [4.69, 9.17) is 0 Å². The topological polar surface area (TPSA) is 102 Å². The number of aliphatic hydroxyl groups excluding tert-OH is 1. The highest BCUT2D eigenvalue weighted by molar-refractivity contribution is 7.90. The Morgan fingerprint density at radius 3 is 2.65 bits per heavy atom. The lowest BCUT2D eigenvalue weighted by atomic mass is 10.1. The number of fused-ring (bicyclic) bond motifs is 2. The smallest absolute Gasteiger partial charge is 0.286 e. The molecule has 0 radical (unpaired) electrons. The molecule has 0 fully saturated rings. The number of hydrazine groups is 1. The summed E-state index contributed by atoms with van der Waals surface area (Å²) in [6.45, 7) is 0.588. The fourth-order valence-electron chi connectivity index (χ4n) is 3.84. The van der Waals surface area contributed by atoms with Crippen molar-refractivity contribution in [1.29, 1.82) is 0 Å². The van der Waals surface area contributed by atoms with Crippen molar-refractivity contribution in [2.45, 2.75) is 17.9 Å². The van der Waals surface area contributed by atoms with Crippen molar-refractivity contribution in [3.8, 4) is 0 Å². The first-order chi connectivity index (χ1) is 14.8. The minimum atomic E-state index is -4.06. The summed E-state index contributed by atoms with van der Waals surface area (Å²) in [7, 11) is -4.06. The van der Waals surface area contributed by atoms with Crippen LogP contribution in [0.3, 0.4) is 0 Å². The number of amidine groups is 1. The number of benzene rings is 2. The normalized spacial score (nSPS) is 19.5. The van der Waals surface area contributed by atoms with E-state index in [1.54, 1.807) is 41.4 Å². The van der Waals surface area contributed by atoms with Crippen molar-refractivity contribution in [3.63, 3.8) is 0 Å². The molecule has 0 unspecified atom stereocenters. The second-order valence-electron chi connectivity index (χ2n) is 7.25. The van der Waals surface area contributed by atoms with Crippen molar-refractivity contribution in [3.05, 3.63) is 83.0 Å². The number of amides is 1. The zero-order chi connectivity index (χ0) is 21.8. The first-order valence-corrected chi connectivity index (χ1v) is 11.0. The molecule has 2 aromatic rings. The number of nitrogens with zero attached hydrogens (tertiary/aromatic N) is 3. The number of nitrogens with one attached hydrogen (secondary N) is 1. The predicted octanol–water partition coefficient (Wildman–Crippen LogP) is 2.70. The van der Waals surface area contributed by atoms with Gasteiger partial charge in [-0.25, -0.2) is 9.40 Å². The quantitative estimate of drug-likeness (QED) is 0.761. The number of carbonyl (C=O) groups is 1. The Bertz CT molecular complexity index is 1300. The van der Waals surface area contributed by atoms with Crippen LogP contribution in [-0.2, 0) is 21.4 Å². The van der Waals surface area contributed by atoms with Gasteiger partial charge < -0.3 is 10.4 Å². The minimum Gasteiger partial charge on any atom is -0.505 e. The molecule has 0 aliphatic carbocycles. The Balaban J connectivity index is 1.58. The van der Waals surface area contributed by atoms with Crippen LogP contribution in [0.25, 0.3) is 0 Å². The monoisotopic (exact) mass is 440 g/mol. The van der Waals surface area contributed by atoms with Gasteiger partial charge in [-0.2, -0.15) is 8.42 Å². The lowest BCUT2D eigenvalue weighted by molar-refractivity contribution is -0.143. The van der Waals surface area contributed by atoms with Gasteiger partial charge >= 0.3 is 0 Å². The maximum Gasteiger partial charge on any atom is 0.286 e. The summed E-state index contributed by atoms with van der Waals surface area (Å²) >= 11 is 0. The molecule has 2 N–H and O–H groups in total. The van der Waals surface area contributed by atoms with Gasteiger partial charge in [0.05, 0.1) is 17.9 Å². The third-order valence-corrected chi connectivity index (χ3v) is 6.62. The molecule has 0 saturated carbocycles. The second-order valence-corrected chi connectivity index (χ2v) is 8.82. The van der Waals surface area contributed by atoms with Gasteiger partial charge in [-0.1, -0.05) is 30.3 Å². The van der Waals surface area contributed by atoms with Crippen LogP contribution in [0.4, 0.5) is 10.1 Å². The molecule has 3 aliphatic heterocycles. The number of aliphatic hydroxyl groups is 1. The molecule has 8 nitrogen and oxygen atoms in total. The van der Waals surface area contributed by atoms with Gasteiger partial charge in [0.25, 0.3) is 15.9 Å². The van der Waals surface area contributed by atoms with E-state index in [9.17, 15) is 22.7 Å². The number of sulfonamides is 1. The maximum atomic E-state index is 13.4. The van der Waals surface area contributed by atoms with E-state index in [1.807, 2.05) is 0 Å². The van der Waals surface area contributed by atoms with E-state index >= 15 is 0 Å². The number of hydrogen-bond acceptors (Lipinski definition) is 6. The van der Waals surface area contributed by atoms with Crippen molar-refractivity contribution < 1.29 is 22.7 Å². The summed E-state index contributed by atoms with van der Waals surface area (Å²) in [4.78, 5) is 13.4. The van der Waals surface area contributed by atoms with Crippen LogP contribution in [0.5, 0.6) is 0 Å². The summed E-state index contributed by atoms with van der Waals surface area (Å²) < 4.78 is 42.4. The molecule has 5 rings (SSSR count). The molecular formula is C21H17FN4O4S. The number of hydrogen-bond donors (Lipinski definition) is 2. The van der Waals surface area contributed by atoms with Crippen molar-refractivity contribution in [2.75, 3.05) is 11.9 Å². The fourth-order valence-corrected chi connectivity index (χ4v) is 4.97.